The highest BCUT2D eigenvalue weighted by atomic mass is 16.5. The van der Waals surface area contributed by atoms with Crippen molar-refractivity contribution in [3.05, 3.63) is 29.8 Å². The molecule has 2 amide bonds. The average Bonchev–Trinajstić information content (AvgIpc) is 2.85. The zero-order chi connectivity index (χ0) is 13.8. The Morgan fingerprint density at radius 1 is 1.42 bits per heavy atom. The monoisotopic (exact) mass is 262 g/mol. The molecule has 0 aromatic heterocycles. The summed E-state index contributed by atoms with van der Waals surface area (Å²) in [5.41, 5.74) is 0.852. The molecule has 2 N–H and O–H groups in total. The maximum atomic E-state index is 11.9. The van der Waals surface area contributed by atoms with E-state index in [-0.39, 0.29) is 11.8 Å². The zero-order valence-electron chi connectivity index (χ0n) is 10.4. The Balaban J connectivity index is 2.04. The fourth-order valence-electron chi connectivity index (χ4n) is 1.88. The van der Waals surface area contributed by atoms with E-state index < -0.39 is 12.0 Å². The number of anilines is 1. The van der Waals surface area contributed by atoms with Crippen LogP contribution in [0.1, 0.15) is 23.2 Å². The molecule has 0 saturated carbocycles. The minimum absolute atomic E-state index is 0.122. The van der Waals surface area contributed by atoms with Crippen molar-refractivity contribution < 1.29 is 19.1 Å². The molecule has 2 rings (SSSR count). The van der Waals surface area contributed by atoms with Crippen LogP contribution in [0, 0.1) is 0 Å². The van der Waals surface area contributed by atoms with Gasteiger partial charge in [0.25, 0.3) is 0 Å². The summed E-state index contributed by atoms with van der Waals surface area (Å²) in [7, 11) is 1.29. The third kappa shape index (κ3) is 3.09. The Hall–Kier alpha value is -2.37. The lowest BCUT2D eigenvalue weighted by Crippen LogP contribution is -2.37. The second-order valence-corrected chi connectivity index (χ2v) is 4.22. The van der Waals surface area contributed by atoms with Crippen LogP contribution in [-0.4, -0.2) is 30.9 Å². The van der Waals surface area contributed by atoms with Gasteiger partial charge >= 0.3 is 5.97 Å². The van der Waals surface area contributed by atoms with E-state index in [9.17, 15) is 14.4 Å². The maximum Gasteiger partial charge on any atom is 0.337 e. The van der Waals surface area contributed by atoms with Gasteiger partial charge in [-0.25, -0.2) is 4.79 Å². The Morgan fingerprint density at radius 2 is 2.21 bits per heavy atom. The maximum absolute atomic E-state index is 11.9. The Morgan fingerprint density at radius 3 is 2.84 bits per heavy atom. The number of amides is 2. The highest BCUT2D eigenvalue weighted by Gasteiger charge is 2.27. The normalized spacial score (nSPS) is 17.7. The van der Waals surface area contributed by atoms with E-state index in [2.05, 4.69) is 15.4 Å². The molecule has 1 aromatic carbocycles. The Labute approximate surface area is 110 Å². The van der Waals surface area contributed by atoms with Gasteiger partial charge < -0.3 is 15.4 Å². The first-order valence-electron chi connectivity index (χ1n) is 5.89. The summed E-state index contributed by atoms with van der Waals surface area (Å²) >= 11 is 0. The molecule has 19 heavy (non-hydrogen) atoms. The van der Waals surface area contributed by atoms with E-state index >= 15 is 0 Å². The number of hydrogen-bond acceptors (Lipinski definition) is 4. The predicted molar refractivity (Wildman–Crippen MR) is 67.6 cm³/mol. The van der Waals surface area contributed by atoms with E-state index in [4.69, 9.17) is 0 Å². The highest BCUT2D eigenvalue weighted by molar-refractivity contribution is 6.00. The first-order chi connectivity index (χ1) is 9.10. The molecule has 6 heteroatoms. The van der Waals surface area contributed by atoms with E-state index in [1.54, 1.807) is 18.2 Å². The summed E-state index contributed by atoms with van der Waals surface area (Å²) in [4.78, 5) is 34.3. The van der Waals surface area contributed by atoms with Crippen molar-refractivity contribution >= 4 is 23.5 Å². The number of carbonyl (C=O) groups excluding carboxylic acids is 3. The van der Waals surface area contributed by atoms with Crippen molar-refractivity contribution in [3.8, 4) is 0 Å². The average molecular weight is 262 g/mol. The number of methoxy groups -OCH3 is 1. The fourth-order valence-corrected chi connectivity index (χ4v) is 1.88. The third-order valence-corrected chi connectivity index (χ3v) is 2.86. The number of carbonyl (C=O) groups is 3. The van der Waals surface area contributed by atoms with Crippen molar-refractivity contribution in [1.29, 1.82) is 0 Å². The smallest absolute Gasteiger partial charge is 0.337 e. The van der Waals surface area contributed by atoms with Gasteiger partial charge in [-0.15, -0.1) is 0 Å². The minimum Gasteiger partial charge on any atom is -0.465 e. The Kier molecular flexibility index (Phi) is 3.79. The van der Waals surface area contributed by atoms with Crippen molar-refractivity contribution in [2.45, 2.75) is 18.9 Å². The van der Waals surface area contributed by atoms with E-state index in [0.29, 0.717) is 24.1 Å². The molecule has 0 radical (unpaired) electrons. The standard InChI is InChI=1S/C13H14N2O4/c1-19-13(18)8-3-2-4-9(7-8)14-12(17)10-5-6-11(16)15-10/h2-4,7,10H,5-6H2,1H3,(H,14,17)(H,15,16)/t10-/m0/s1. The molecule has 1 aliphatic heterocycles. The summed E-state index contributed by atoms with van der Waals surface area (Å²) in [5, 5.41) is 5.24. The number of ether oxygens (including phenoxy) is 1. The largest absolute Gasteiger partial charge is 0.465 e. The molecular weight excluding hydrogens is 248 g/mol. The SMILES string of the molecule is COC(=O)c1cccc(NC(=O)[C@@H]2CCC(=O)N2)c1. The van der Waals surface area contributed by atoms with Gasteiger partial charge in [0, 0.05) is 12.1 Å². The summed E-state index contributed by atoms with van der Waals surface area (Å²) in [5.74, 6) is -0.874. The fraction of sp³-hybridized carbons (Fsp3) is 0.308. The summed E-state index contributed by atoms with van der Waals surface area (Å²) < 4.78 is 4.60. The van der Waals surface area contributed by atoms with Gasteiger partial charge in [-0.3, -0.25) is 9.59 Å². The highest BCUT2D eigenvalue weighted by Crippen LogP contribution is 2.14. The molecule has 6 nitrogen and oxygen atoms in total. The van der Waals surface area contributed by atoms with Crippen LogP contribution in [-0.2, 0) is 14.3 Å². The first kappa shape index (κ1) is 13.1. The minimum atomic E-state index is -0.505. The number of rotatable bonds is 3. The van der Waals surface area contributed by atoms with Crippen molar-refractivity contribution in [2.75, 3.05) is 12.4 Å². The summed E-state index contributed by atoms with van der Waals surface area (Å²) in [6.07, 6.45) is 0.849. The molecule has 0 unspecified atom stereocenters. The van der Waals surface area contributed by atoms with Crippen molar-refractivity contribution in [2.24, 2.45) is 0 Å². The molecule has 1 aliphatic rings. The number of hydrogen-bond donors (Lipinski definition) is 2. The van der Waals surface area contributed by atoms with Crippen LogP contribution in [0.2, 0.25) is 0 Å². The molecule has 1 saturated heterocycles. The third-order valence-electron chi connectivity index (χ3n) is 2.86. The molecule has 1 aromatic rings. The van der Waals surface area contributed by atoms with Crippen LogP contribution >= 0.6 is 0 Å². The van der Waals surface area contributed by atoms with Gasteiger partial charge in [-0.1, -0.05) is 6.07 Å². The lowest BCUT2D eigenvalue weighted by atomic mass is 10.2. The van der Waals surface area contributed by atoms with Gasteiger partial charge in [0.15, 0.2) is 0 Å². The van der Waals surface area contributed by atoms with Crippen molar-refractivity contribution in [3.63, 3.8) is 0 Å². The van der Waals surface area contributed by atoms with Crippen LogP contribution in [0.4, 0.5) is 5.69 Å². The summed E-state index contributed by atoms with van der Waals surface area (Å²) in [6, 6.07) is 5.93. The molecule has 1 atom stereocenters. The number of esters is 1. The lowest BCUT2D eigenvalue weighted by molar-refractivity contribution is -0.122. The first-order valence-corrected chi connectivity index (χ1v) is 5.89. The molecular formula is C13H14N2O4. The van der Waals surface area contributed by atoms with Crippen LogP contribution < -0.4 is 10.6 Å². The van der Waals surface area contributed by atoms with Crippen LogP contribution in [0.3, 0.4) is 0 Å². The van der Waals surface area contributed by atoms with E-state index in [0.717, 1.165) is 0 Å². The van der Waals surface area contributed by atoms with Crippen molar-refractivity contribution in [1.82, 2.24) is 5.32 Å². The van der Waals surface area contributed by atoms with Crippen LogP contribution in [0.5, 0.6) is 0 Å². The van der Waals surface area contributed by atoms with E-state index in [1.807, 2.05) is 0 Å². The van der Waals surface area contributed by atoms with Gasteiger partial charge in [0.2, 0.25) is 11.8 Å². The lowest BCUT2D eigenvalue weighted by Gasteiger charge is -2.11. The molecule has 1 fully saturated rings. The topological polar surface area (TPSA) is 84.5 Å². The number of benzene rings is 1. The second kappa shape index (κ2) is 5.51. The zero-order valence-corrected chi connectivity index (χ0v) is 10.4. The van der Waals surface area contributed by atoms with Gasteiger partial charge in [0.05, 0.1) is 12.7 Å². The van der Waals surface area contributed by atoms with Gasteiger partial charge in [0.1, 0.15) is 6.04 Å². The predicted octanol–water partition coefficient (Wildman–Crippen LogP) is 0.690. The Bertz CT molecular complexity index is 527. The molecule has 1 heterocycles. The van der Waals surface area contributed by atoms with Gasteiger partial charge in [-0.05, 0) is 24.6 Å². The summed E-state index contributed by atoms with van der Waals surface area (Å²) in [6.45, 7) is 0. The quantitative estimate of drug-likeness (QED) is 0.785. The van der Waals surface area contributed by atoms with Gasteiger partial charge in [-0.2, -0.15) is 0 Å². The second-order valence-electron chi connectivity index (χ2n) is 4.22. The molecule has 0 aliphatic carbocycles. The van der Waals surface area contributed by atoms with Crippen LogP contribution in [0.25, 0.3) is 0 Å². The molecule has 0 spiro atoms. The van der Waals surface area contributed by atoms with Crippen LogP contribution in [0.15, 0.2) is 24.3 Å². The molecule has 0 bridgehead atoms. The van der Waals surface area contributed by atoms with E-state index in [1.165, 1.54) is 13.2 Å². The molecule has 100 valence electrons. The number of nitrogens with one attached hydrogen (secondary N) is 2.